The molecule has 0 saturated heterocycles. The maximum atomic E-state index is 13.1. The average molecular weight is 350 g/mol. The summed E-state index contributed by atoms with van der Waals surface area (Å²) in [6, 6.07) is 7.91. The Labute approximate surface area is 153 Å². The van der Waals surface area contributed by atoms with Gasteiger partial charge in [-0.3, -0.25) is 9.59 Å². The van der Waals surface area contributed by atoms with Crippen molar-refractivity contribution in [2.45, 2.75) is 52.0 Å². The van der Waals surface area contributed by atoms with Crippen molar-refractivity contribution in [1.29, 1.82) is 0 Å². The Morgan fingerprint density at radius 3 is 2.42 bits per heavy atom. The molecule has 136 valence electrons. The number of aromatic amines is 1. The molecule has 2 N–H and O–H groups in total. The predicted molar refractivity (Wildman–Crippen MR) is 102 cm³/mol. The Kier molecular flexibility index (Phi) is 3.53. The van der Waals surface area contributed by atoms with Crippen LogP contribution in [-0.4, -0.2) is 10.9 Å². The lowest BCUT2D eigenvalue weighted by Gasteiger charge is -2.55. The predicted octanol–water partition coefficient (Wildman–Crippen LogP) is 3.67. The Hall–Kier alpha value is -2.10. The lowest BCUT2D eigenvalue weighted by Crippen LogP contribution is -2.53. The number of aryl methyl sites for hydroxylation is 1. The molecule has 4 saturated carbocycles. The summed E-state index contributed by atoms with van der Waals surface area (Å²) in [5, 5.41) is 4.13. The number of rotatable bonds is 3. The summed E-state index contributed by atoms with van der Waals surface area (Å²) in [5.74, 6) is 2.43. The van der Waals surface area contributed by atoms with E-state index in [1.54, 1.807) is 0 Å². The molecule has 6 rings (SSSR count). The molecule has 1 heterocycles. The average Bonchev–Trinajstić information content (AvgIpc) is 2.59. The first kappa shape index (κ1) is 16.1. The van der Waals surface area contributed by atoms with Crippen molar-refractivity contribution in [3.05, 3.63) is 45.7 Å². The Bertz CT molecular complexity index is 908. The van der Waals surface area contributed by atoms with Gasteiger partial charge < -0.3 is 10.3 Å². The van der Waals surface area contributed by atoms with E-state index in [2.05, 4.69) is 16.4 Å². The molecule has 0 radical (unpaired) electrons. The van der Waals surface area contributed by atoms with Crippen molar-refractivity contribution in [2.24, 2.45) is 23.2 Å². The number of hydrogen-bond acceptors (Lipinski definition) is 2. The molecule has 4 bridgehead atoms. The van der Waals surface area contributed by atoms with Crippen LogP contribution in [0.1, 0.15) is 49.7 Å². The van der Waals surface area contributed by atoms with Gasteiger partial charge in [0.1, 0.15) is 0 Å². The van der Waals surface area contributed by atoms with Crippen LogP contribution in [0.4, 0.5) is 0 Å². The number of carbonyl (C=O) groups is 1. The van der Waals surface area contributed by atoms with Crippen molar-refractivity contribution in [2.75, 3.05) is 0 Å². The molecule has 1 amide bonds. The number of amides is 1. The largest absolute Gasteiger partial charge is 0.351 e. The summed E-state index contributed by atoms with van der Waals surface area (Å²) in [5.41, 5.74) is 2.38. The molecule has 0 aliphatic heterocycles. The topological polar surface area (TPSA) is 62.0 Å². The molecule has 26 heavy (non-hydrogen) atoms. The summed E-state index contributed by atoms with van der Waals surface area (Å²) in [4.78, 5) is 28.4. The van der Waals surface area contributed by atoms with Crippen LogP contribution < -0.4 is 10.9 Å². The molecule has 0 unspecified atom stereocenters. The van der Waals surface area contributed by atoms with Gasteiger partial charge in [-0.05, 0) is 86.8 Å². The third kappa shape index (κ3) is 2.58. The number of aromatic nitrogens is 1. The van der Waals surface area contributed by atoms with Crippen LogP contribution in [0.15, 0.2) is 29.1 Å². The summed E-state index contributed by atoms with van der Waals surface area (Å²) in [7, 11) is 0. The van der Waals surface area contributed by atoms with Crippen molar-refractivity contribution in [3.63, 3.8) is 0 Å². The van der Waals surface area contributed by atoms with Crippen LogP contribution in [0.5, 0.6) is 0 Å². The van der Waals surface area contributed by atoms with Crippen LogP contribution >= 0.6 is 0 Å². The van der Waals surface area contributed by atoms with Crippen LogP contribution in [0.25, 0.3) is 10.9 Å². The molecule has 4 fully saturated rings. The summed E-state index contributed by atoms with van der Waals surface area (Å²) < 4.78 is 0. The molecule has 1 aromatic heterocycles. The van der Waals surface area contributed by atoms with E-state index in [4.69, 9.17) is 0 Å². The Balaban J connectivity index is 1.36. The minimum Gasteiger partial charge on any atom is -0.351 e. The van der Waals surface area contributed by atoms with Gasteiger partial charge in [0.05, 0.1) is 0 Å². The van der Waals surface area contributed by atoms with Gasteiger partial charge in [0.25, 0.3) is 5.56 Å². The van der Waals surface area contributed by atoms with E-state index in [1.807, 2.05) is 25.1 Å². The molecular weight excluding hydrogens is 324 g/mol. The van der Waals surface area contributed by atoms with Gasteiger partial charge in [-0.25, -0.2) is 0 Å². The number of hydrogen-bond donors (Lipinski definition) is 2. The maximum absolute atomic E-state index is 13.1. The second-order valence-electron chi connectivity index (χ2n) is 9.09. The normalized spacial score (nSPS) is 32.1. The lowest BCUT2D eigenvalue weighted by molar-refractivity contribution is -0.146. The molecule has 4 heteroatoms. The molecule has 2 aromatic rings. The second-order valence-corrected chi connectivity index (χ2v) is 9.09. The lowest BCUT2D eigenvalue weighted by atomic mass is 9.49. The summed E-state index contributed by atoms with van der Waals surface area (Å²) >= 11 is 0. The first-order valence-electron chi connectivity index (χ1n) is 9.92. The highest BCUT2D eigenvalue weighted by atomic mass is 16.2. The van der Waals surface area contributed by atoms with Crippen LogP contribution in [-0.2, 0) is 11.3 Å². The maximum Gasteiger partial charge on any atom is 0.253 e. The fourth-order valence-electron chi connectivity index (χ4n) is 6.25. The second kappa shape index (κ2) is 5.70. The van der Waals surface area contributed by atoms with Gasteiger partial charge in [0, 0.05) is 23.0 Å². The summed E-state index contributed by atoms with van der Waals surface area (Å²) in [6.07, 6.45) is 7.15. The van der Waals surface area contributed by atoms with Crippen molar-refractivity contribution >= 4 is 16.8 Å². The minimum absolute atomic E-state index is 0.104. The number of carbonyl (C=O) groups excluding carboxylic acids is 1. The van der Waals surface area contributed by atoms with Crippen molar-refractivity contribution in [1.82, 2.24) is 10.3 Å². The SMILES string of the molecule is Cc1ccc2[nH]c(=O)c(CNC(=O)C34CC5CC(CC(C5)C3)C4)cc2c1. The monoisotopic (exact) mass is 350 g/mol. The van der Waals surface area contributed by atoms with Gasteiger partial charge in [-0.2, -0.15) is 0 Å². The quantitative estimate of drug-likeness (QED) is 0.887. The van der Waals surface area contributed by atoms with Crippen molar-refractivity contribution < 1.29 is 4.79 Å². The molecule has 4 aliphatic rings. The van der Waals surface area contributed by atoms with Crippen LogP contribution in [0, 0.1) is 30.1 Å². The van der Waals surface area contributed by atoms with E-state index in [1.165, 1.54) is 19.3 Å². The van der Waals surface area contributed by atoms with Crippen LogP contribution in [0.2, 0.25) is 0 Å². The van der Waals surface area contributed by atoms with E-state index >= 15 is 0 Å². The summed E-state index contributed by atoms with van der Waals surface area (Å²) in [6.45, 7) is 2.36. The van der Waals surface area contributed by atoms with E-state index in [0.717, 1.165) is 53.5 Å². The Morgan fingerprint density at radius 2 is 1.77 bits per heavy atom. The third-order valence-corrected chi connectivity index (χ3v) is 7.04. The van der Waals surface area contributed by atoms with E-state index in [0.29, 0.717) is 12.1 Å². The molecule has 4 aliphatic carbocycles. The fraction of sp³-hybridized carbons (Fsp3) is 0.545. The highest BCUT2D eigenvalue weighted by Gasteiger charge is 2.54. The van der Waals surface area contributed by atoms with Gasteiger partial charge in [0.2, 0.25) is 5.91 Å². The highest BCUT2D eigenvalue weighted by molar-refractivity contribution is 5.83. The minimum atomic E-state index is -0.158. The number of fused-ring (bicyclic) bond motifs is 1. The zero-order valence-corrected chi connectivity index (χ0v) is 15.3. The van der Waals surface area contributed by atoms with Crippen LogP contribution in [0.3, 0.4) is 0 Å². The third-order valence-electron chi connectivity index (χ3n) is 7.04. The number of H-pyrrole nitrogens is 1. The smallest absolute Gasteiger partial charge is 0.253 e. The van der Waals surface area contributed by atoms with Crippen molar-refractivity contribution in [3.8, 4) is 0 Å². The number of nitrogens with one attached hydrogen (secondary N) is 2. The molecule has 1 aromatic carbocycles. The van der Waals surface area contributed by atoms with Gasteiger partial charge in [-0.1, -0.05) is 11.6 Å². The number of benzene rings is 1. The molecular formula is C22H26N2O2. The van der Waals surface area contributed by atoms with E-state index < -0.39 is 0 Å². The van der Waals surface area contributed by atoms with E-state index in [9.17, 15) is 9.59 Å². The molecule has 0 spiro atoms. The zero-order chi connectivity index (χ0) is 17.9. The van der Waals surface area contributed by atoms with Gasteiger partial charge >= 0.3 is 0 Å². The first-order valence-corrected chi connectivity index (χ1v) is 9.92. The fourth-order valence-corrected chi connectivity index (χ4v) is 6.25. The van der Waals surface area contributed by atoms with Gasteiger partial charge in [-0.15, -0.1) is 0 Å². The zero-order valence-electron chi connectivity index (χ0n) is 15.3. The van der Waals surface area contributed by atoms with Gasteiger partial charge in [0.15, 0.2) is 0 Å². The number of pyridine rings is 1. The molecule has 4 nitrogen and oxygen atoms in total. The first-order chi connectivity index (χ1) is 12.5. The highest BCUT2D eigenvalue weighted by Crippen LogP contribution is 2.60. The molecule has 0 atom stereocenters. The standard InChI is InChI=1S/C22H26N2O2/c1-13-2-3-19-17(4-13)8-18(20(25)24-19)12-23-21(26)22-9-14-5-15(10-22)7-16(6-14)11-22/h2-4,8,14-16H,5-7,9-12H2,1H3,(H,23,26)(H,24,25). The van der Waals surface area contributed by atoms with E-state index in [-0.39, 0.29) is 16.9 Å². The Morgan fingerprint density at radius 1 is 1.12 bits per heavy atom.